The molecule has 0 unspecified atom stereocenters. The molecular weight excluding hydrogens is 234 g/mol. The van der Waals surface area contributed by atoms with Crippen LogP contribution >= 0.6 is 0 Å². The maximum absolute atomic E-state index is 12.0. The lowest BCUT2D eigenvalue weighted by molar-refractivity contribution is 0.704. The van der Waals surface area contributed by atoms with Crippen molar-refractivity contribution >= 4 is 0 Å². The van der Waals surface area contributed by atoms with Gasteiger partial charge in [-0.3, -0.25) is 4.79 Å². The molecule has 0 aliphatic heterocycles. The number of benzene rings is 1. The van der Waals surface area contributed by atoms with Crippen molar-refractivity contribution in [2.75, 3.05) is 0 Å². The molecule has 1 aromatic carbocycles. The fraction of sp³-hybridized carbons (Fsp3) is 0.353. The molecule has 0 aliphatic carbocycles. The van der Waals surface area contributed by atoms with Crippen LogP contribution in [0.3, 0.4) is 0 Å². The normalized spacial score (nSPS) is 10.6. The highest BCUT2D eigenvalue weighted by Crippen LogP contribution is 2.08. The van der Waals surface area contributed by atoms with E-state index in [0.29, 0.717) is 0 Å². The summed E-state index contributed by atoms with van der Waals surface area (Å²) in [4.78, 5) is 12.0. The van der Waals surface area contributed by atoms with E-state index in [9.17, 15) is 4.79 Å². The van der Waals surface area contributed by atoms with Gasteiger partial charge in [0.05, 0.1) is 0 Å². The van der Waals surface area contributed by atoms with Gasteiger partial charge >= 0.3 is 0 Å². The zero-order valence-electron chi connectivity index (χ0n) is 11.7. The Morgan fingerprint density at radius 3 is 2.47 bits per heavy atom. The molecule has 0 spiro atoms. The third-order valence-corrected chi connectivity index (χ3v) is 3.47. The number of aryl methyl sites for hydroxylation is 4. The lowest BCUT2D eigenvalue weighted by atomic mass is 10.0. The van der Waals surface area contributed by atoms with E-state index in [1.165, 1.54) is 11.1 Å². The summed E-state index contributed by atoms with van der Waals surface area (Å²) in [7, 11) is 0. The summed E-state index contributed by atoms with van der Waals surface area (Å²) < 4.78 is 1.77. The number of rotatable bonds is 5. The minimum atomic E-state index is 0.161. The summed E-state index contributed by atoms with van der Waals surface area (Å²) in [6.45, 7) is 4.84. The molecule has 0 saturated carbocycles. The Balaban J connectivity index is 1.96. The van der Waals surface area contributed by atoms with E-state index in [4.69, 9.17) is 0 Å². The molecule has 0 atom stereocenters. The average molecular weight is 255 g/mol. The zero-order chi connectivity index (χ0) is 13.7. The van der Waals surface area contributed by atoms with Crippen LogP contribution in [-0.4, -0.2) is 4.57 Å². The molecule has 0 amide bonds. The van der Waals surface area contributed by atoms with Crippen LogP contribution in [-0.2, 0) is 19.4 Å². The summed E-state index contributed by atoms with van der Waals surface area (Å²) in [6, 6.07) is 12.5. The Morgan fingerprint density at radius 1 is 1.05 bits per heavy atom. The van der Waals surface area contributed by atoms with Crippen molar-refractivity contribution in [1.82, 2.24) is 4.57 Å². The Hall–Kier alpha value is -1.83. The molecule has 0 N–H and O–H groups in total. The third kappa shape index (κ3) is 3.57. The molecule has 0 radical (unpaired) electrons. The molecule has 0 fully saturated rings. The molecule has 0 bridgehead atoms. The minimum Gasteiger partial charge on any atom is -0.316 e. The van der Waals surface area contributed by atoms with Crippen LogP contribution in [0.5, 0.6) is 0 Å². The van der Waals surface area contributed by atoms with Crippen molar-refractivity contribution in [1.29, 1.82) is 0 Å². The first-order valence-electron chi connectivity index (χ1n) is 6.94. The molecular formula is C17H21NO. The first-order valence-corrected chi connectivity index (χ1v) is 6.94. The van der Waals surface area contributed by atoms with Crippen LogP contribution in [0.1, 0.15) is 30.0 Å². The van der Waals surface area contributed by atoms with Gasteiger partial charge < -0.3 is 4.57 Å². The van der Waals surface area contributed by atoms with Gasteiger partial charge in [-0.05, 0) is 44.7 Å². The second-order valence-electron chi connectivity index (χ2n) is 4.96. The molecule has 19 heavy (non-hydrogen) atoms. The summed E-state index contributed by atoms with van der Waals surface area (Å²) in [6.07, 6.45) is 4.76. The largest absolute Gasteiger partial charge is 0.316 e. The van der Waals surface area contributed by atoms with E-state index < -0.39 is 0 Å². The number of hydrogen-bond donors (Lipinski definition) is 0. The number of hydrogen-bond acceptors (Lipinski definition) is 1. The standard InChI is InChI=1S/C17H21NO/c1-3-18-13-5-8-16(17(18)19)7-4-6-15-11-9-14(2)10-12-15/h5,8-13H,3-4,6-7H2,1-2H3. The highest BCUT2D eigenvalue weighted by molar-refractivity contribution is 5.21. The van der Waals surface area contributed by atoms with E-state index in [2.05, 4.69) is 31.2 Å². The fourth-order valence-corrected chi connectivity index (χ4v) is 2.26. The molecule has 2 aromatic rings. The van der Waals surface area contributed by atoms with E-state index in [1.807, 2.05) is 25.3 Å². The maximum atomic E-state index is 12.0. The molecule has 2 heteroatoms. The van der Waals surface area contributed by atoms with E-state index >= 15 is 0 Å². The van der Waals surface area contributed by atoms with Crippen molar-refractivity contribution in [2.24, 2.45) is 0 Å². The predicted octanol–water partition coefficient (Wildman–Crippen LogP) is 3.35. The fourth-order valence-electron chi connectivity index (χ4n) is 2.26. The molecule has 2 rings (SSSR count). The van der Waals surface area contributed by atoms with Crippen molar-refractivity contribution in [3.63, 3.8) is 0 Å². The Kier molecular flexibility index (Phi) is 4.56. The van der Waals surface area contributed by atoms with Crippen molar-refractivity contribution in [2.45, 2.75) is 39.7 Å². The maximum Gasteiger partial charge on any atom is 0.253 e. The van der Waals surface area contributed by atoms with Gasteiger partial charge in [0.15, 0.2) is 0 Å². The minimum absolute atomic E-state index is 0.161. The topological polar surface area (TPSA) is 22.0 Å². The first kappa shape index (κ1) is 13.6. The Bertz CT molecular complexity index is 581. The van der Waals surface area contributed by atoms with Gasteiger partial charge in [0.2, 0.25) is 0 Å². The van der Waals surface area contributed by atoms with E-state index in [-0.39, 0.29) is 5.56 Å². The molecule has 2 nitrogen and oxygen atoms in total. The number of pyridine rings is 1. The van der Waals surface area contributed by atoms with Crippen LogP contribution in [0.4, 0.5) is 0 Å². The summed E-state index contributed by atoms with van der Waals surface area (Å²) in [5.41, 5.74) is 3.72. The predicted molar refractivity (Wildman–Crippen MR) is 79.6 cm³/mol. The Morgan fingerprint density at radius 2 is 1.79 bits per heavy atom. The molecule has 1 aromatic heterocycles. The quantitative estimate of drug-likeness (QED) is 0.803. The van der Waals surface area contributed by atoms with Gasteiger partial charge in [-0.15, -0.1) is 0 Å². The lowest BCUT2D eigenvalue weighted by Crippen LogP contribution is -2.22. The van der Waals surface area contributed by atoms with Crippen molar-refractivity contribution in [3.05, 3.63) is 69.6 Å². The smallest absolute Gasteiger partial charge is 0.253 e. The van der Waals surface area contributed by atoms with Gasteiger partial charge in [0.1, 0.15) is 0 Å². The molecule has 0 aliphatic rings. The first-order chi connectivity index (χ1) is 9.20. The van der Waals surface area contributed by atoms with Crippen molar-refractivity contribution in [3.8, 4) is 0 Å². The molecule has 100 valence electrons. The van der Waals surface area contributed by atoms with Crippen LogP contribution in [0.15, 0.2) is 47.4 Å². The van der Waals surface area contributed by atoms with Gasteiger partial charge in [-0.2, -0.15) is 0 Å². The van der Waals surface area contributed by atoms with E-state index in [1.54, 1.807) is 4.57 Å². The zero-order valence-corrected chi connectivity index (χ0v) is 11.7. The Labute approximate surface area is 114 Å². The number of aromatic nitrogens is 1. The van der Waals surface area contributed by atoms with Gasteiger partial charge in [-0.1, -0.05) is 35.9 Å². The highest BCUT2D eigenvalue weighted by atomic mass is 16.1. The van der Waals surface area contributed by atoms with Crippen LogP contribution in [0.25, 0.3) is 0 Å². The van der Waals surface area contributed by atoms with Gasteiger partial charge in [-0.25, -0.2) is 0 Å². The summed E-state index contributed by atoms with van der Waals surface area (Å²) in [5, 5.41) is 0. The third-order valence-electron chi connectivity index (χ3n) is 3.47. The summed E-state index contributed by atoms with van der Waals surface area (Å²) >= 11 is 0. The lowest BCUT2D eigenvalue weighted by Gasteiger charge is -2.06. The monoisotopic (exact) mass is 255 g/mol. The van der Waals surface area contributed by atoms with Crippen molar-refractivity contribution < 1.29 is 0 Å². The van der Waals surface area contributed by atoms with Crippen LogP contribution in [0, 0.1) is 6.92 Å². The molecule has 0 saturated heterocycles. The van der Waals surface area contributed by atoms with Crippen LogP contribution < -0.4 is 5.56 Å². The second kappa shape index (κ2) is 6.37. The van der Waals surface area contributed by atoms with Crippen LogP contribution in [0.2, 0.25) is 0 Å². The summed E-state index contributed by atoms with van der Waals surface area (Å²) in [5.74, 6) is 0. The number of nitrogens with zero attached hydrogens (tertiary/aromatic N) is 1. The van der Waals surface area contributed by atoms with Gasteiger partial charge in [0, 0.05) is 18.3 Å². The second-order valence-corrected chi connectivity index (χ2v) is 4.96. The van der Waals surface area contributed by atoms with Gasteiger partial charge in [0.25, 0.3) is 5.56 Å². The van der Waals surface area contributed by atoms with E-state index in [0.717, 1.165) is 31.4 Å². The SMILES string of the molecule is CCn1cccc(CCCc2ccc(C)cc2)c1=O. The average Bonchev–Trinajstić information content (AvgIpc) is 2.43. The molecule has 1 heterocycles. The highest BCUT2D eigenvalue weighted by Gasteiger charge is 2.02.